The Kier molecular flexibility index (Phi) is 4.31. The molecule has 1 aliphatic heterocycles. The highest BCUT2D eigenvalue weighted by atomic mass is 19.1. The molecule has 0 atom stereocenters. The van der Waals surface area contributed by atoms with Gasteiger partial charge in [0.1, 0.15) is 11.6 Å². The number of imidazole rings is 1. The van der Waals surface area contributed by atoms with E-state index in [2.05, 4.69) is 20.3 Å². The van der Waals surface area contributed by atoms with Gasteiger partial charge in [-0.1, -0.05) is 12.1 Å². The van der Waals surface area contributed by atoms with E-state index in [1.54, 1.807) is 12.1 Å². The fourth-order valence-corrected chi connectivity index (χ4v) is 3.46. The summed E-state index contributed by atoms with van der Waals surface area (Å²) in [4.78, 5) is 23.8. The van der Waals surface area contributed by atoms with E-state index in [0.29, 0.717) is 23.6 Å². The Morgan fingerprint density at radius 1 is 1.20 bits per heavy atom. The third-order valence-corrected chi connectivity index (χ3v) is 4.81. The average Bonchev–Trinajstić information content (AvgIpc) is 2.96. The van der Waals surface area contributed by atoms with Gasteiger partial charge in [-0.2, -0.15) is 0 Å². The van der Waals surface area contributed by atoms with Crippen LogP contribution in [0.25, 0.3) is 11.2 Å². The molecule has 0 unspecified atom stereocenters. The summed E-state index contributed by atoms with van der Waals surface area (Å²) in [6.45, 7) is 2.51. The molecular formula is C18H20FN5O. The second kappa shape index (κ2) is 6.76. The minimum absolute atomic E-state index is 0.198. The summed E-state index contributed by atoms with van der Waals surface area (Å²) >= 11 is 0. The lowest BCUT2D eigenvalue weighted by Crippen LogP contribution is -2.29. The monoisotopic (exact) mass is 341 g/mol. The van der Waals surface area contributed by atoms with Crippen LogP contribution in [0.2, 0.25) is 0 Å². The zero-order valence-corrected chi connectivity index (χ0v) is 13.8. The molecule has 1 aromatic carbocycles. The first kappa shape index (κ1) is 16.0. The molecule has 0 saturated carbocycles. The summed E-state index contributed by atoms with van der Waals surface area (Å²) in [6.07, 6.45) is 4.40. The normalized spacial score (nSPS) is 15.7. The first-order valence-corrected chi connectivity index (χ1v) is 8.58. The predicted molar refractivity (Wildman–Crippen MR) is 92.9 cm³/mol. The second-order valence-corrected chi connectivity index (χ2v) is 6.54. The molecule has 6 nitrogen and oxygen atoms in total. The number of halogens is 1. The Morgan fingerprint density at radius 3 is 2.72 bits per heavy atom. The number of aromatic nitrogens is 4. The van der Waals surface area contributed by atoms with Crippen molar-refractivity contribution in [3.05, 3.63) is 58.2 Å². The van der Waals surface area contributed by atoms with Crippen molar-refractivity contribution in [2.24, 2.45) is 5.92 Å². The number of nitrogens with one attached hydrogen (secondary N) is 2. The molecule has 0 spiro atoms. The summed E-state index contributed by atoms with van der Waals surface area (Å²) in [5.74, 6) is 1.15. The molecule has 0 radical (unpaired) electrons. The van der Waals surface area contributed by atoms with E-state index >= 15 is 0 Å². The molecule has 0 aliphatic carbocycles. The third kappa shape index (κ3) is 3.32. The first-order chi connectivity index (χ1) is 12.2. The minimum atomic E-state index is -0.270. The predicted octanol–water partition coefficient (Wildman–Crippen LogP) is 1.85. The van der Waals surface area contributed by atoms with Gasteiger partial charge < -0.3 is 14.9 Å². The molecule has 1 aliphatic rings. The maximum absolute atomic E-state index is 13.2. The molecule has 0 amide bonds. The molecule has 1 fully saturated rings. The van der Waals surface area contributed by atoms with Gasteiger partial charge in [0.05, 0.1) is 6.33 Å². The van der Waals surface area contributed by atoms with Crippen LogP contribution in [0.4, 0.5) is 4.39 Å². The summed E-state index contributed by atoms with van der Waals surface area (Å²) in [5, 5.41) is 3.37. The number of piperidine rings is 1. The minimum Gasteiger partial charge on any atom is -0.318 e. The quantitative estimate of drug-likeness (QED) is 0.759. The number of fused-ring (bicyclic) bond motifs is 1. The van der Waals surface area contributed by atoms with Crippen LogP contribution in [0.15, 0.2) is 35.4 Å². The van der Waals surface area contributed by atoms with Crippen molar-refractivity contribution < 1.29 is 4.39 Å². The van der Waals surface area contributed by atoms with Crippen LogP contribution in [0.1, 0.15) is 24.2 Å². The lowest BCUT2D eigenvalue weighted by Gasteiger charge is -2.22. The van der Waals surface area contributed by atoms with Crippen molar-refractivity contribution in [1.29, 1.82) is 0 Å². The number of nitrogens with zero attached hydrogens (tertiary/aromatic N) is 3. The van der Waals surface area contributed by atoms with Crippen LogP contribution >= 0.6 is 0 Å². The lowest BCUT2D eigenvalue weighted by atomic mass is 9.94. The molecule has 130 valence electrons. The van der Waals surface area contributed by atoms with E-state index < -0.39 is 0 Å². The summed E-state index contributed by atoms with van der Waals surface area (Å²) in [7, 11) is 0. The maximum atomic E-state index is 13.2. The van der Waals surface area contributed by atoms with Crippen LogP contribution < -0.4 is 10.9 Å². The SMILES string of the molecule is O=c1[nH]cnc2nc(CC3CCNCC3)n(Cc3ccc(F)cc3)c12. The van der Waals surface area contributed by atoms with Crippen LogP contribution in [0.3, 0.4) is 0 Å². The van der Waals surface area contributed by atoms with Gasteiger partial charge in [0.15, 0.2) is 11.2 Å². The fourth-order valence-electron chi connectivity index (χ4n) is 3.46. The molecule has 4 rings (SSSR count). The van der Waals surface area contributed by atoms with Gasteiger partial charge >= 0.3 is 0 Å². The zero-order valence-electron chi connectivity index (χ0n) is 13.8. The molecule has 7 heteroatoms. The van der Waals surface area contributed by atoms with E-state index in [1.165, 1.54) is 18.5 Å². The standard InChI is InChI=1S/C18H20FN5O/c19-14-3-1-13(2-4-14)10-24-15(9-12-5-7-20-8-6-12)23-17-16(24)18(25)22-11-21-17/h1-4,11-12,20H,5-10H2,(H,21,22,25). The largest absolute Gasteiger partial charge is 0.318 e. The number of hydrogen-bond acceptors (Lipinski definition) is 4. The van der Waals surface area contributed by atoms with Crippen molar-refractivity contribution in [1.82, 2.24) is 24.8 Å². The van der Waals surface area contributed by atoms with Crippen molar-refractivity contribution in [3.63, 3.8) is 0 Å². The highest BCUT2D eigenvalue weighted by Crippen LogP contribution is 2.21. The van der Waals surface area contributed by atoms with Crippen molar-refractivity contribution in [3.8, 4) is 0 Å². The Balaban J connectivity index is 1.74. The van der Waals surface area contributed by atoms with Gasteiger partial charge in [-0.15, -0.1) is 0 Å². The van der Waals surface area contributed by atoms with Gasteiger partial charge in [-0.25, -0.2) is 14.4 Å². The molecular weight excluding hydrogens is 321 g/mol. The van der Waals surface area contributed by atoms with Gasteiger partial charge in [-0.3, -0.25) is 4.79 Å². The smallest absolute Gasteiger partial charge is 0.276 e. The van der Waals surface area contributed by atoms with E-state index in [1.807, 2.05) is 4.57 Å². The van der Waals surface area contributed by atoms with Crippen molar-refractivity contribution >= 4 is 11.2 Å². The average molecular weight is 341 g/mol. The third-order valence-electron chi connectivity index (χ3n) is 4.81. The highest BCUT2D eigenvalue weighted by Gasteiger charge is 2.20. The molecule has 0 bridgehead atoms. The maximum Gasteiger partial charge on any atom is 0.276 e. The number of rotatable bonds is 4. The van der Waals surface area contributed by atoms with Crippen LogP contribution in [-0.2, 0) is 13.0 Å². The highest BCUT2D eigenvalue weighted by molar-refractivity contribution is 5.70. The van der Waals surface area contributed by atoms with Crippen LogP contribution in [0, 0.1) is 11.7 Å². The fraction of sp³-hybridized carbons (Fsp3) is 0.389. The number of hydrogen-bond donors (Lipinski definition) is 2. The Labute approximate surface area is 144 Å². The van der Waals surface area contributed by atoms with E-state index in [0.717, 1.165) is 43.7 Å². The lowest BCUT2D eigenvalue weighted by molar-refractivity contribution is 0.364. The second-order valence-electron chi connectivity index (χ2n) is 6.54. The molecule has 25 heavy (non-hydrogen) atoms. The van der Waals surface area contributed by atoms with Gasteiger partial charge in [0.25, 0.3) is 5.56 Å². The Hall–Kier alpha value is -2.54. The van der Waals surface area contributed by atoms with Gasteiger partial charge in [-0.05, 0) is 49.5 Å². The number of aromatic amines is 1. The van der Waals surface area contributed by atoms with Crippen molar-refractivity contribution in [2.45, 2.75) is 25.8 Å². The molecule has 3 heterocycles. The van der Waals surface area contributed by atoms with Gasteiger partial charge in [0, 0.05) is 13.0 Å². The summed E-state index contributed by atoms with van der Waals surface area (Å²) < 4.78 is 15.1. The summed E-state index contributed by atoms with van der Waals surface area (Å²) in [6, 6.07) is 6.34. The molecule has 1 saturated heterocycles. The van der Waals surface area contributed by atoms with E-state index in [-0.39, 0.29) is 11.4 Å². The first-order valence-electron chi connectivity index (χ1n) is 8.58. The van der Waals surface area contributed by atoms with Crippen molar-refractivity contribution in [2.75, 3.05) is 13.1 Å². The number of benzene rings is 1. The summed E-state index contributed by atoms with van der Waals surface area (Å²) in [5.41, 5.74) is 1.68. The number of H-pyrrole nitrogens is 1. The zero-order chi connectivity index (χ0) is 17.2. The topological polar surface area (TPSA) is 75.6 Å². The molecule has 2 aromatic heterocycles. The van der Waals surface area contributed by atoms with E-state index in [4.69, 9.17) is 0 Å². The molecule has 2 N–H and O–H groups in total. The van der Waals surface area contributed by atoms with Crippen LogP contribution in [-0.4, -0.2) is 32.6 Å². The Morgan fingerprint density at radius 2 is 1.96 bits per heavy atom. The molecule has 3 aromatic rings. The van der Waals surface area contributed by atoms with E-state index in [9.17, 15) is 9.18 Å². The Bertz CT molecular complexity index is 925. The van der Waals surface area contributed by atoms with Gasteiger partial charge in [0.2, 0.25) is 0 Å². The van der Waals surface area contributed by atoms with Crippen LogP contribution in [0.5, 0.6) is 0 Å².